The minimum atomic E-state index is 0.505. The summed E-state index contributed by atoms with van der Waals surface area (Å²) in [6.45, 7) is 4.37. The molecule has 2 aromatic heterocycles. The molecule has 0 aliphatic carbocycles. The van der Waals surface area contributed by atoms with E-state index in [1.165, 1.54) is 0 Å². The largest absolute Gasteiger partial charge is 0.444 e. The zero-order chi connectivity index (χ0) is 15.0. The van der Waals surface area contributed by atoms with Crippen LogP contribution in [0.25, 0.3) is 11.0 Å². The standard InChI is InChI=1S/C15H15Cl2N3O/c1-9-10(2)21-14(18-9)8-20-12-5-3-4-11(17)15(12)19-13(20)6-7-16/h3-5H,6-8H2,1-2H3. The lowest BCUT2D eigenvalue weighted by Crippen LogP contribution is -2.06. The smallest absolute Gasteiger partial charge is 0.214 e. The number of hydrogen-bond acceptors (Lipinski definition) is 3. The van der Waals surface area contributed by atoms with Crippen LogP contribution in [0.3, 0.4) is 0 Å². The van der Waals surface area contributed by atoms with Crippen LogP contribution in [0.15, 0.2) is 22.6 Å². The van der Waals surface area contributed by atoms with Gasteiger partial charge in [0.2, 0.25) is 5.89 Å². The first-order valence-electron chi connectivity index (χ1n) is 6.72. The molecule has 2 heterocycles. The molecule has 0 fully saturated rings. The van der Waals surface area contributed by atoms with Gasteiger partial charge in [-0.25, -0.2) is 9.97 Å². The van der Waals surface area contributed by atoms with Crippen molar-refractivity contribution in [2.24, 2.45) is 0 Å². The van der Waals surface area contributed by atoms with Gasteiger partial charge in [-0.15, -0.1) is 11.6 Å². The molecule has 1 aromatic carbocycles. The van der Waals surface area contributed by atoms with E-state index in [4.69, 9.17) is 27.6 Å². The van der Waals surface area contributed by atoms with Gasteiger partial charge in [-0.2, -0.15) is 0 Å². The third-order valence-electron chi connectivity index (χ3n) is 3.49. The van der Waals surface area contributed by atoms with E-state index in [9.17, 15) is 0 Å². The van der Waals surface area contributed by atoms with Crippen molar-refractivity contribution >= 4 is 34.2 Å². The van der Waals surface area contributed by atoms with Gasteiger partial charge in [0.05, 0.1) is 16.2 Å². The van der Waals surface area contributed by atoms with Crippen LogP contribution < -0.4 is 0 Å². The van der Waals surface area contributed by atoms with Gasteiger partial charge < -0.3 is 8.98 Å². The summed E-state index contributed by atoms with van der Waals surface area (Å²) in [6, 6.07) is 5.75. The molecule has 0 unspecified atom stereocenters. The predicted molar refractivity (Wildman–Crippen MR) is 84.2 cm³/mol. The minimum absolute atomic E-state index is 0.505. The Bertz CT molecular complexity index is 772. The van der Waals surface area contributed by atoms with Crippen LogP contribution in [0.4, 0.5) is 0 Å². The van der Waals surface area contributed by atoms with Crippen LogP contribution in [0, 0.1) is 13.8 Å². The van der Waals surface area contributed by atoms with Crippen molar-refractivity contribution in [3.63, 3.8) is 0 Å². The number of oxazole rings is 1. The number of aryl methyl sites for hydroxylation is 3. The van der Waals surface area contributed by atoms with Gasteiger partial charge in [-0.05, 0) is 26.0 Å². The zero-order valence-electron chi connectivity index (χ0n) is 11.9. The first-order valence-corrected chi connectivity index (χ1v) is 7.64. The average molecular weight is 324 g/mol. The third-order valence-corrected chi connectivity index (χ3v) is 3.99. The van der Waals surface area contributed by atoms with Crippen molar-refractivity contribution in [2.75, 3.05) is 5.88 Å². The molecule has 0 aliphatic rings. The Kier molecular flexibility index (Phi) is 3.91. The van der Waals surface area contributed by atoms with Crippen LogP contribution in [-0.4, -0.2) is 20.4 Å². The fraction of sp³-hybridized carbons (Fsp3) is 0.333. The average Bonchev–Trinajstić information content (AvgIpc) is 2.94. The molecule has 21 heavy (non-hydrogen) atoms. The number of hydrogen-bond donors (Lipinski definition) is 0. The summed E-state index contributed by atoms with van der Waals surface area (Å²) in [4.78, 5) is 9.04. The lowest BCUT2D eigenvalue weighted by molar-refractivity contribution is 0.456. The van der Waals surface area contributed by atoms with Gasteiger partial charge in [-0.3, -0.25) is 0 Å². The van der Waals surface area contributed by atoms with Gasteiger partial charge >= 0.3 is 0 Å². The molecular weight excluding hydrogens is 309 g/mol. The molecule has 0 saturated carbocycles. The summed E-state index contributed by atoms with van der Waals surface area (Å²) in [5.74, 6) is 2.90. The Hall–Kier alpha value is -1.52. The minimum Gasteiger partial charge on any atom is -0.444 e. The van der Waals surface area contributed by atoms with Crippen molar-refractivity contribution < 1.29 is 4.42 Å². The maximum atomic E-state index is 6.23. The number of benzene rings is 1. The number of halogens is 2. The van der Waals surface area contributed by atoms with E-state index in [0.29, 0.717) is 29.8 Å². The van der Waals surface area contributed by atoms with Crippen LogP contribution in [-0.2, 0) is 13.0 Å². The van der Waals surface area contributed by atoms with E-state index in [-0.39, 0.29) is 0 Å². The van der Waals surface area contributed by atoms with Crippen molar-refractivity contribution in [3.8, 4) is 0 Å². The molecule has 0 N–H and O–H groups in total. The Morgan fingerprint density at radius 3 is 2.71 bits per heavy atom. The Labute approximate surface area is 132 Å². The number of para-hydroxylation sites is 1. The number of alkyl halides is 1. The van der Waals surface area contributed by atoms with Crippen molar-refractivity contribution in [1.82, 2.24) is 14.5 Å². The topological polar surface area (TPSA) is 43.9 Å². The number of nitrogens with zero attached hydrogens (tertiary/aromatic N) is 3. The molecule has 0 amide bonds. The maximum absolute atomic E-state index is 6.23. The summed E-state index contributed by atoms with van der Waals surface area (Å²) in [6.07, 6.45) is 0.672. The van der Waals surface area contributed by atoms with Crippen molar-refractivity contribution in [2.45, 2.75) is 26.8 Å². The summed E-state index contributed by atoms with van der Waals surface area (Å²) >= 11 is 12.1. The second-order valence-corrected chi connectivity index (χ2v) is 5.70. The highest BCUT2D eigenvalue weighted by Crippen LogP contribution is 2.25. The highest BCUT2D eigenvalue weighted by atomic mass is 35.5. The quantitative estimate of drug-likeness (QED) is 0.678. The predicted octanol–water partition coefficient (Wildman–Crippen LogP) is 4.12. The fourth-order valence-corrected chi connectivity index (χ4v) is 2.74. The first-order chi connectivity index (χ1) is 10.1. The molecule has 0 atom stereocenters. The zero-order valence-corrected chi connectivity index (χ0v) is 13.4. The van der Waals surface area contributed by atoms with Crippen LogP contribution in [0.5, 0.6) is 0 Å². The van der Waals surface area contributed by atoms with E-state index >= 15 is 0 Å². The van der Waals surface area contributed by atoms with Crippen molar-refractivity contribution in [3.05, 3.63) is 46.4 Å². The molecular formula is C15H15Cl2N3O. The molecule has 0 saturated heterocycles. The van der Waals surface area contributed by atoms with E-state index in [1.54, 1.807) is 0 Å². The Morgan fingerprint density at radius 1 is 1.24 bits per heavy atom. The second kappa shape index (κ2) is 5.70. The molecule has 110 valence electrons. The van der Waals surface area contributed by atoms with Crippen molar-refractivity contribution in [1.29, 1.82) is 0 Å². The van der Waals surface area contributed by atoms with Crippen LogP contribution in [0.2, 0.25) is 5.02 Å². The molecule has 0 bridgehead atoms. The first kappa shape index (κ1) is 14.4. The van der Waals surface area contributed by atoms with Gasteiger partial charge in [-0.1, -0.05) is 17.7 Å². The van der Waals surface area contributed by atoms with Crippen LogP contribution >= 0.6 is 23.2 Å². The van der Waals surface area contributed by atoms with Crippen LogP contribution in [0.1, 0.15) is 23.2 Å². The van der Waals surface area contributed by atoms with E-state index < -0.39 is 0 Å². The maximum Gasteiger partial charge on any atom is 0.214 e. The molecule has 0 aliphatic heterocycles. The fourth-order valence-electron chi connectivity index (χ4n) is 2.35. The summed E-state index contributed by atoms with van der Waals surface area (Å²) < 4.78 is 7.74. The van der Waals surface area contributed by atoms with E-state index in [0.717, 1.165) is 28.3 Å². The number of imidazole rings is 1. The molecule has 0 spiro atoms. The summed E-state index contributed by atoms with van der Waals surface area (Å²) in [5, 5.41) is 0.641. The SMILES string of the molecule is Cc1nc(Cn2c(CCCl)nc3c(Cl)cccc32)oc1C. The molecule has 3 rings (SSSR count). The highest BCUT2D eigenvalue weighted by Gasteiger charge is 2.15. The van der Waals surface area contributed by atoms with E-state index in [2.05, 4.69) is 14.5 Å². The van der Waals surface area contributed by atoms with Gasteiger partial charge in [0.15, 0.2) is 0 Å². The highest BCUT2D eigenvalue weighted by molar-refractivity contribution is 6.34. The molecule has 6 heteroatoms. The van der Waals surface area contributed by atoms with Gasteiger partial charge in [0.25, 0.3) is 0 Å². The summed E-state index contributed by atoms with van der Waals surface area (Å²) in [5.41, 5.74) is 2.67. The monoisotopic (exact) mass is 323 g/mol. The Morgan fingerprint density at radius 2 is 2.05 bits per heavy atom. The molecule has 0 radical (unpaired) electrons. The third kappa shape index (κ3) is 2.65. The number of aromatic nitrogens is 3. The molecule has 4 nitrogen and oxygen atoms in total. The van der Waals surface area contributed by atoms with Gasteiger partial charge in [0, 0.05) is 12.3 Å². The van der Waals surface area contributed by atoms with Gasteiger partial charge in [0.1, 0.15) is 23.6 Å². The Balaban J connectivity index is 2.10. The van der Waals surface area contributed by atoms with E-state index in [1.807, 2.05) is 32.0 Å². The number of rotatable bonds is 4. The normalized spacial score (nSPS) is 11.4. The lowest BCUT2D eigenvalue weighted by Gasteiger charge is -2.05. The number of fused-ring (bicyclic) bond motifs is 1. The molecule has 3 aromatic rings. The summed E-state index contributed by atoms with van der Waals surface area (Å²) in [7, 11) is 0. The second-order valence-electron chi connectivity index (χ2n) is 4.91. The lowest BCUT2D eigenvalue weighted by atomic mass is 10.3.